The maximum Gasteiger partial charge on any atom is 0.281 e. The van der Waals surface area contributed by atoms with Crippen LogP contribution in [0, 0.1) is 6.92 Å². The fraction of sp³-hybridized carbons (Fsp3) is 0.571. The molecule has 2 rings (SSSR count). The summed E-state index contributed by atoms with van der Waals surface area (Å²) in [5.74, 6) is -0.0604. The number of sulfonamides is 1. The van der Waals surface area contributed by atoms with Gasteiger partial charge in [-0.25, -0.2) is 8.42 Å². The van der Waals surface area contributed by atoms with Crippen molar-refractivity contribution in [2.45, 2.75) is 12.7 Å². The van der Waals surface area contributed by atoms with Crippen LogP contribution in [0.4, 0.5) is 0 Å². The average Bonchev–Trinajstić information content (AvgIpc) is 2.46. The number of rotatable bonds is 5. The first kappa shape index (κ1) is 18.3. The summed E-state index contributed by atoms with van der Waals surface area (Å²) in [6.07, 6.45) is 0. The number of hydrogen-bond donors (Lipinski definition) is 0. The van der Waals surface area contributed by atoms with Crippen molar-refractivity contribution in [1.82, 2.24) is 12.9 Å². The highest BCUT2D eigenvalue weighted by Gasteiger charge is 2.33. The third-order valence-corrected chi connectivity index (χ3v) is 7.60. The zero-order chi connectivity index (χ0) is 17.3. The molecule has 0 aromatic heterocycles. The van der Waals surface area contributed by atoms with Gasteiger partial charge in [-0.1, -0.05) is 29.8 Å². The van der Waals surface area contributed by atoms with Gasteiger partial charge >= 0.3 is 0 Å². The van der Waals surface area contributed by atoms with Gasteiger partial charge in [0.1, 0.15) is 0 Å². The molecule has 0 amide bonds. The Bertz CT molecular complexity index is 752. The lowest BCUT2D eigenvalue weighted by Crippen LogP contribution is -2.53. The fourth-order valence-electron chi connectivity index (χ4n) is 2.51. The second-order valence-electron chi connectivity index (χ2n) is 5.83. The minimum Gasteiger partial charge on any atom is -0.212 e. The van der Waals surface area contributed by atoms with Gasteiger partial charge in [-0.2, -0.15) is 21.3 Å². The molecule has 0 unspecified atom stereocenters. The summed E-state index contributed by atoms with van der Waals surface area (Å²) >= 11 is 0. The van der Waals surface area contributed by atoms with Crippen LogP contribution in [0.15, 0.2) is 24.3 Å². The lowest BCUT2D eigenvalue weighted by atomic mass is 10.2. The molecule has 0 bridgehead atoms. The van der Waals surface area contributed by atoms with Gasteiger partial charge in [-0.3, -0.25) is 0 Å². The number of piperazine rings is 1. The second-order valence-corrected chi connectivity index (χ2v) is 9.94. The van der Waals surface area contributed by atoms with Crippen molar-refractivity contribution in [3.8, 4) is 0 Å². The van der Waals surface area contributed by atoms with Crippen LogP contribution in [0.3, 0.4) is 0 Å². The topological polar surface area (TPSA) is 78.0 Å². The van der Waals surface area contributed by atoms with E-state index in [1.165, 1.54) is 22.7 Å². The van der Waals surface area contributed by atoms with E-state index in [1.807, 2.05) is 25.1 Å². The molecule has 0 N–H and O–H groups in total. The Morgan fingerprint density at radius 3 is 2.09 bits per heavy atom. The highest BCUT2D eigenvalue weighted by atomic mass is 32.2. The first-order valence-corrected chi connectivity index (χ1v) is 10.3. The molecular formula is C14H23N3O4S2. The summed E-state index contributed by atoms with van der Waals surface area (Å²) in [6, 6.07) is 7.39. The van der Waals surface area contributed by atoms with E-state index in [9.17, 15) is 16.8 Å². The van der Waals surface area contributed by atoms with Crippen molar-refractivity contribution in [2.75, 3.05) is 40.3 Å². The second kappa shape index (κ2) is 6.86. The zero-order valence-electron chi connectivity index (χ0n) is 13.6. The lowest BCUT2D eigenvalue weighted by Gasteiger charge is -2.34. The Hall–Kier alpha value is -1.00. The summed E-state index contributed by atoms with van der Waals surface area (Å²) in [6.45, 7) is 2.63. The Balaban J connectivity index is 2.04. The molecule has 1 aromatic carbocycles. The van der Waals surface area contributed by atoms with Crippen molar-refractivity contribution in [3.05, 3.63) is 35.4 Å². The molecule has 1 saturated heterocycles. The van der Waals surface area contributed by atoms with E-state index in [0.717, 1.165) is 15.4 Å². The van der Waals surface area contributed by atoms with Gasteiger partial charge in [0.15, 0.2) is 0 Å². The molecule has 0 spiro atoms. The van der Waals surface area contributed by atoms with E-state index in [2.05, 4.69) is 0 Å². The van der Waals surface area contributed by atoms with Crippen molar-refractivity contribution >= 4 is 20.2 Å². The quantitative estimate of drug-likeness (QED) is 0.753. The van der Waals surface area contributed by atoms with Gasteiger partial charge in [0.2, 0.25) is 10.0 Å². The van der Waals surface area contributed by atoms with E-state index in [0.29, 0.717) is 0 Å². The van der Waals surface area contributed by atoms with Crippen LogP contribution in [0.1, 0.15) is 11.1 Å². The Morgan fingerprint density at radius 1 is 1.00 bits per heavy atom. The van der Waals surface area contributed by atoms with Crippen molar-refractivity contribution in [2.24, 2.45) is 0 Å². The number of hydrogen-bond acceptors (Lipinski definition) is 4. The summed E-state index contributed by atoms with van der Waals surface area (Å²) < 4.78 is 52.9. The summed E-state index contributed by atoms with van der Waals surface area (Å²) in [4.78, 5) is 0. The predicted molar refractivity (Wildman–Crippen MR) is 89.6 cm³/mol. The van der Waals surface area contributed by atoms with E-state index in [-0.39, 0.29) is 31.9 Å². The predicted octanol–water partition coefficient (Wildman–Crippen LogP) is 0.249. The first-order chi connectivity index (χ1) is 10.6. The Labute approximate surface area is 138 Å². The third kappa shape index (κ3) is 4.30. The van der Waals surface area contributed by atoms with E-state index in [1.54, 1.807) is 6.07 Å². The first-order valence-electron chi connectivity index (χ1n) is 7.34. The van der Waals surface area contributed by atoms with Gasteiger partial charge < -0.3 is 0 Å². The minimum absolute atomic E-state index is 0.0604. The molecule has 1 fully saturated rings. The fourth-order valence-corrected chi connectivity index (χ4v) is 5.10. The third-order valence-electron chi connectivity index (χ3n) is 3.81. The van der Waals surface area contributed by atoms with Crippen LogP contribution in [-0.2, 0) is 26.0 Å². The molecule has 0 aliphatic carbocycles. The molecule has 0 radical (unpaired) electrons. The van der Waals surface area contributed by atoms with Crippen LogP contribution < -0.4 is 0 Å². The van der Waals surface area contributed by atoms with E-state index < -0.39 is 20.2 Å². The van der Waals surface area contributed by atoms with E-state index >= 15 is 0 Å². The standard InChI is InChI=1S/C14H23N3O4S2/c1-13-5-4-6-14(11-13)12-22(18,19)16-7-9-17(10-8-16)23(20,21)15(2)3/h4-6,11H,7-10,12H2,1-3H3. The van der Waals surface area contributed by atoms with Gasteiger partial charge in [-0.05, 0) is 12.5 Å². The molecule has 23 heavy (non-hydrogen) atoms. The molecule has 0 saturated carbocycles. The maximum absolute atomic E-state index is 12.5. The highest BCUT2D eigenvalue weighted by molar-refractivity contribution is 7.88. The van der Waals surface area contributed by atoms with Crippen LogP contribution in [0.25, 0.3) is 0 Å². The molecule has 1 aromatic rings. The molecule has 1 heterocycles. The number of benzene rings is 1. The SMILES string of the molecule is Cc1cccc(CS(=O)(=O)N2CCN(S(=O)(=O)N(C)C)CC2)c1. The molecule has 130 valence electrons. The number of aryl methyl sites for hydroxylation is 1. The molecule has 7 nitrogen and oxygen atoms in total. The largest absolute Gasteiger partial charge is 0.281 e. The monoisotopic (exact) mass is 361 g/mol. The van der Waals surface area contributed by atoms with Crippen LogP contribution in [-0.4, -0.2) is 70.0 Å². The van der Waals surface area contributed by atoms with Crippen molar-refractivity contribution in [3.63, 3.8) is 0 Å². The summed E-state index contributed by atoms with van der Waals surface area (Å²) in [5.41, 5.74) is 1.76. The summed E-state index contributed by atoms with van der Waals surface area (Å²) in [5, 5.41) is 0. The Morgan fingerprint density at radius 2 is 1.57 bits per heavy atom. The van der Waals surface area contributed by atoms with Gasteiger partial charge in [0.25, 0.3) is 10.2 Å². The lowest BCUT2D eigenvalue weighted by molar-refractivity contribution is 0.262. The zero-order valence-corrected chi connectivity index (χ0v) is 15.3. The van der Waals surface area contributed by atoms with Crippen molar-refractivity contribution in [1.29, 1.82) is 0 Å². The normalized spacial score (nSPS) is 18.4. The highest BCUT2D eigenvalue weighted by Crippen LogP contribution is 2.16. The minimum atomic E-state index is -3.49. The van der Waals surface area contributed by atoms with Crippen LogP contribution >= 0.6 is 0 Å². The van der Waals surface area contributed by atoms with E-state index in [4.69, 9.17) is 0 Å². The van der Waals surface area contributed by atoms with Crippen LogP contribution in [0.2, 0.25) is 0 Å². The number of nitrogens with zero attached hydrogens (tertiary/aromatic N) is 3. The van der Waals surface area contributed by atoms with Gasteiger partial charge in [0.05, 0.1) is 5.75 Å². The average molecular weight is 361 g/mol. The van der Waals surface area contributed by atoms with Crippen molar-refractivity contribution < 1.29 is 16.8 Å². The summed E-state index contributed by atoms with van der Waals surface area (Å²) in [7, 11) is -4.00. The molecule has 9 heteroatoms. The smallest absolute Gasteiger partial charge is 0.212 e. The molecule has 1 aliphatic rings. The molecule has 0 atom stereocenters. The molecular weight excluding hydrogens is 338 g/mol. The molecule has 1 aliphatic heterocycles. The maximum atomic E-state index is 12.5. The van der Waals surface area contributed by atoms with Crippen LogP contribution in [0.5, 0.6) is 0 Å². The van der Waals surface area contributed by atoms with Gasteiger partial charge in [0, 0.05) is 40.3 Å². The van der Waals surface area contributed by atoms with Gasteiger partial charge in [-0.15, -0.1) is 0 Å². The Kier molecular flexibility index (Phi) is 5.47.